The van der Waals surface area contributed by atoms with Crippen LogP contribution in [0.1, 0.15) is 45.4 Å². The number of hydrogen-bond donors (Lipinski definition) is 2. The lowest BCUT2D eigenvalue weighted by Crippen LogP contribution is -2.35. The molecule has 0 aliphatic heterocycles. The molecule has 112 valence electrons. The van der Waals surface area contributed by atoms with E-state index in [9.17, 15) is 0 Å². The van der Waals surface area contributed by atoms with E-state index in [0.29, 0.717) is 4.75 Å². The van der Waals surface area contributed by atoms with Crippen molar-refractivity contribution < 1.29 is 0 Å². The quantitative estimate of drug-likeness (QED) is 0.782. The number of nitrogens with zero attached hydrogens (tertiary/aromatic N) is 1. The van der Waals surface area contributed by atoms with Crippen molar-refractivity contribution in [3.8, 4) is 0 Å². The maximum absolute atomic E-state index is 4.63. The van der Waals surface area contributed by atoms with E-state index in [1.165, 1.54) is 32.1 Å². The monoisotopic (exact) mass is 293 g/mol. The molecule has 0 aromatic carbocycles. The van der Waals surface area contributed by atoms with Gasteiger partial charge in [0, 0.05) is 17.8 Å². The summed E-state index contributed by atoms with van der Waals surface area (Å²) in [6, 6.07) is 6.17. The summed E-state index contributed by atoms with van der Waals surface area (Å²) >= 11 is 2.02. The van der Waals surface area contributed by atoms with Gasteiger partial charge in [-0.25, -0.2) is 4.98 Å². The van der Waals surface area contributed by atoms with Crippen molar-refractivity contribution in [1.29, 1.82) is 0 Å². The Bertz CT molecular complexity index is 402. The van der Waals surface area contributed by atoms with Crippen LogP contribution in [0.25, 0.3) is 0 Å². The molecule has 1 saturated carbocycles. The minimum atomic E-state index is 0.410. The Labute approximate surface area is 127 Å². The van der Waals surface area contributed by atoms with Gasteiger partial charge in [-0.15, -0.1) is 0 Å². The highest BCUT2D eigenvalue weighted by atomic mass is 32.2. The number of anilines is 2. The Kier molecular flexibility index (Phi) is 6.02. The molecule has 1 aliphatic carbocycles. The highest BCUT2D eigenvalue weighted by molar-refractivity contribution is 8.00. The molecular weight excluding hydrogens is 266 g/mol. The first kappa shape index (κ1) is 15.5. The van der Waals surface area contributed by atoms with Gasteiger partial charge in [0.1, 0.15) is 11.6 Å². The normalized spacial score (nSPS) is 17.7. The lowest BCUT2D eigenvalue weighted by molar-refractivity contribution is 0.411. The Morgan fingerprint density at radius 1 is 1.15 bits per heavy atom. The summed E-state index contributed by atoms with van der Waals surface area (Å²) in [4.78, 5) is 4.63. The van der Waals surface area contributed by atoms with Gasteiger partial charge in [0.2, 0.25) is 0 Å². The number of thioether (sulfide) groups is 1. The van der Waals surface area contributed by atoms with Crippen LogP contribution in [0.15, 0.2) is 18.2 Å². The highest BCUT2D eigenvalue weighted by Crippen LogP contribution is 2.38. The van der Waals surface area contributed by atoms with Crippen molar-refractivity contribution in [1.82, 2.24) is 4.98 Å². The molecule has 1 aromatic heterocycles. The number of nitrogens with one attached hydrogen (secondary N) is 2. The van der Waals surface area contributed by atoms with Crippen molar-refractivity contribution in [3.05, 3.63) is 18.2 Å². The third kappa shape index (κ3) is 4.30. The minimum Gasteiger partial charge on any atom is -0.370 e. The predicted molar refractivity (Wildman–Crippen MR) is 90.8 cm³/mol. The highest BCUT2D eigenvalue weighted by Gasteiger charge is 2.30. The number of rotatable bonds is 7. The van der Waals surface area contributed by atoms with Gasteiger partial charge in [-0.1, -0.05) is 32.3 Å². The number of pyridine rings is 1. The fourth-order valence-corrected chi connectivity index (χ4v) is 3.70. The molecule has 1 aromatic rings. The van der Waals surface area contributed by atoms with Crippen LogP contribution in [0.4, 0.5) is 11.6 Å². The summed E-state index contributed by atoms with van der Waals surface area (Å²) in [5.41, 5.74) is 0. The van der Waals surface area contributed by atoms with Crippen LogP contribution in [0.5, 0.6) is 0 Å². The third-order valence-electron chi connectivity index (χ3n) is 4.09. The molecule has 1 aliphatic rings. The molecular formula is C16H27N3S. The second kappa shape index (κ2) is 7.77. The molecule has 2 N–H and O–H groups in total. The molecule has 1 heterocycles. The average molecular weight is 293 g/mol. The molecule has 2 rings (SSSR count). The summed E-state index contributed by atoms with van der Waals surface area (Å²) in [6.07, 6.45) is 10.2. The van der Waals surface area contributed by atoms with Crippen LogP contribution in [-0.4, -0.2) is 29.1 Å². The zero-order valence-corrected chi connectivity index (χ0v) is 13.6. The van der Waals surface area contributed by atoms with E-state index >= 15 is 0 Å². The SMILES string of the molecule is CCCNc1cccc(NCC2(SC)CCCCC2)n1. The topological polar surface area (TPSA) is 37.0 Å². The Morgan fingerprint density at radius 3 is 2.50 bits per heavy atom. The maximum atomic E-state index is 4.63. The van der Waals surface area contributed by atoms with Gasteiger partial charge >= 0.3 is 0 Å². The first-order valence-corrected chi connectivity index (χ1v) is 9.00. The average Bonchev–Trinajstić information content (AvgIpc) is 2.52. The molecule has 3 nitrogen and oxygen atoms in total. The molecule has 0 unspecified atom stereocenters. The molecule has 0 atom stereocenters. The van der Waals surface area contributed by atoms with E-state index in [1.807, 2.05) is 17.8 Å². The van der Waals surface area contributed by atoms with Crippen LogP contribution in [0, 0.1) is 0 Å². The van der Waals surface area contributed by atoms with Gasteiger partial charge in [0.25, 0.3) is 0 Å². The zero-order valence-electron chi connectivity index (χ0n) is 12.7. The Hall–Kier alpha value is -0.900. The van der Waals surface area contributed by atoms with Gasteiger partial charge in [-0.3, -0.25) is 0 Å². The summed E-state index contributed by atoms with van der Waals surface area (Å²) < 4.78 is 0.410. The van der Waals surface area contributed by atoms with E-state index in [2.05, 4.69) is 40.9 Å². The molecule has 0 bridgehead atoms. The van der Waals surface area contributed by atoms with Crippen molar-refractivity contribution in [2.24, 2.45) is 0 Å². The van der Waals surface area contributed by atoms with E-state index in [-0.39, 0.29) is 0 Å². The summed E-state index contributed by atoms with van der Waals surface area (Å²) in [6.45, 7) is 4.17. The van der Waals surface area contributed by atoms with Gasteiger partial charge in [-0.2, -0.15) is 11.8 Å². The number of aromatic nitrogens is 1. The molecule has 20 heavy (non-hydrogen) atoms. The second-order valence-electron chi connectivity index (χ2n) is 5.64. The van der Waals surface area contributed by atoms with E-state index in [4.69, 9.17) is 0 Å². The van der Waals surface area contributed by atoms with Crippen LogP contribution in [0.2, 0.25) is 0 Å². The van der Waals surface area contributed by atoms with Gasteiger partial charge in [0.05, 0.1) is 0 Å². The van der Waals surface area contributed by atoms with E-state index < -0.39 is 0 Å². The fraction of sp³-hybridized carbons (Fsp3) is 0.688. The maximum Gasteiger partial charge on any atom is 0.128 e. The second-order valence-corrected chi connectivity index (χ2v) is 6.91. The lowest BCUT2D eigenvalue weighted by atomic mass is 9.88. The summed E-state index contributed by atoms with van der Waals surface area (Å²) in [7, 11) is 0. The van der Waals surface area contributed by atoms with Crippen molar-refractivity contribution in [3.63, 3.8) is 0 Å². The zero-order chi connectivity index (χ0) is 14.3. The summed E-state index contributed by atoms with van der Waals surface area (Å²) in [5, 5.41) is 6.89. The van der Waals surface area contributed by atoms with E-state index in [1.54, 1.807) is 0 Å². The van der Waals surface area contributed by atoms with Gasteiger partial charge in [-0.05, 0) is 37.7 Å². The largest absolute Gasteiger partial charge is 0.370 e. The predicted octanol–water partition coefficient (Wildman–Crippen LogP) is 4.38. The van der Waals surface area contributed by atoms with Crippen molar-refractivity contribution in [2.45, 2.75) is 50.2 Å². The molecule has 4 heteroatoms. The smallest absolute Gasteiger partial charge is 0.128 e. The molecule has 0 radical (unpaired) electrons. The minimum absolute atomic E-state index is 0.410. The summed E-state index contributed by atoms with van der Waals surface area (Å²) in [5.74, 6) is 1.96. The Morgan fingerprint density at radius 2 is 1.85 bits per heavy atom. The van der Waals surface area contributed by atoms with Crippen LogP contribution >= 0.6 is 11.8 Å². The van der Waals surface area contributed by atoms with Crippen molar-refractivity contribution in [2.75, 3.05) is 30.0 Å². The van der Waals surface area contributed by atoms with Crippen LogP contribution in [-0.2, 0) is 0 Å². The molecule has 1 fully saturated rings. The Balaban J connectivity index is 1.92. The third-order valence-corrected chi connectivity index (χ3v) is 5.51. The van der Waals surface area contributed by atoms with Crippen LogP contribution in [0.3, 0.4) is 0 Å². The van der Waals surface area contributed by atoms with Crippen LogP contribution < -0.4 is 10.6 Å². The molecule has 0 saturated heterocycles. The number of hydrogen-bond acceptors (Lipinski definition) is 4. The first-order valence-electron chi connectivity index (χ1n) is 7.78. The fourth-order valence-electron chi connectivity index (χ4n) is 2.79. The van der Waals surface area contributed by atoms with Gasteiger partial charge < -0.3 is 10.6 Å². The standard InChI is InChI=1S/C16H27N3S/c1-3-12-17-14-8-7-9-15(19-14)18-13-16(20-2)10-5-4-6-11-16/h7-9H,3-6,10-13H2,1-2H3,(H2,17,18,19). The molecule has 0 spiro atoms. The van der Waals surface area contributed by atoms with Crippen molar-refractivity contribution >= 4 is 23.4 Å². The molecule has 0 amide bonds. The lowest BCUT2D eigenvalue weighted by Gasteiger charge is -2.36. The van der Waals surface area contributed by atoms with E-state index in [0.717, 1.165) is 31.1 Å². The first-order chi connectivity index (χ1) is 9.78. The van der Waals surface area contributed by atoms with Gasteiger partial charge in [0.15, 0.2) is 0 Å².